The first-order chi connectivity index (χ1) is 8.27. The smallest absolute Gasteiger partial charge is 0.226 e. The number of rotatable bonds is 4. The minimum absolute atomic E-state index is 0.137. The lowest BCUT2D eigenvalue weighted by atomic mass is 9.76. The van der Waals surface area contributed by atoms with Gasteiger partial charge in [-0.15, -0.1) is 0 Å². The number of carbonyl (C=O) groups is 1. The highest BCUT2D eigenvalue weighted by molar-refractivity contribution is 5.82. The monoisotopic (exact) mass is 237 g/mol. The standard InChI is InChI=1S/C11H19N5O/c1-2-11(3-5-12-6-4-11)10(17)13-7-9-14-8-15-16-9/h8,12H,2-7H2,1H3,(H,13,17)(H,14,15,16). The Balaban J connectivity index is 1.93. The maximum absolute atomic E-state index is 12.2. The molecule has 0 atom stereocenters. The van der Waals surface area contributed by atoms with Crippen LogP contribution in [0, 0.1) is 5.41 Å². The quantitative estimate of drug-likeness (QED) is 0.698. The van der Waals surface area contributed by atoms with E-state index in [-0.39, 0.29) is 11.3 Å². The summed E-state index contributed by atoms with van der Waals surface area (Å²) in [6.07, 6.45) is 4.15. The third-order valence-corrected chi connectivity index (χ3v) is 3.60. The van der Waals surface area contributed by atoms with Crippen LogP contribution in [-0.2, 0) is 11.3 Å². The normalized spacial score (nSPS) is 18.9. The summed E-state index contributed by atoms with van der Waals surface area (Å²) >= 11 is 0. The van der Waals surface area contributed by atoms with Crippen LogP contribution in [0.5, 0.6) is 0 Å². The van der Waals surface area contributed by atoms with Crippen molar-refractivity contribution in [1.29, 1.82) is 0 Å². The predicted molar refractivity (Wildman–Crippen MR) is 63.1 cm³/mol. The highest BCUT2D eigenvalue weighted by atomic mass is 16.2. The summed E-state index contributed by atoms with van der Waals surface area (Å²) in [5, 5.41) is 12.7. The zero-order valence-electron chi connectivity index (χ0n) is 10.1. The van der Waals surface area contributed by atoms with Crippen molar-refractivity contribution in [3.05, 3.63) is 12.2 Å². The second-order valence-corrected chi connectivity index (χ2v) is 4.50. The van der Waals surface area contributed by atoms with E-state index in [0.29, 0.717) is 12.4 Å². The fraction of sp³-hybridized carbons (Fsp3) is 0.727. The van der Waals surface area contributed by atoms with Gasteiger partial charge in [-0.3, -0.25) is 9.89 Å². The molecule has 1 aliphatic rings. The molecule has 1 amide bonds. The summed E-state index contributed by atoms with van der Waals surface area (Å²) in [7, 11) is 0. The summed E-state index contributed by atoms with van der Waals surface area (Å²) in [4.78, 5) is 16.2. The van der Waals surface area contributed by atoms with Crippen LogP contribution in [0.3, 0.4) is 0 Å². The van der Waals surface area contributed by atoms with Gasteiger partial charge in [0.1, 0.15) is 12.2 Å². The number of hydrogen-bond donors (Lipinski definition) is 3. The fourth-order valence-electron chi connectivity index (χ4n) is 2.31. The van der Waals surface area contributed by atoms with E-state index in [1.165, 1.54) is 6.33 Å². The van der Waals surface area contributed by atoms with Crippen LogP contribution in [0.1, 0.15) is 32.0 Å². The van der Waals surface area contributed by atoms with Crippen molar-refractivity contribution < 1.29 is 4.79 Å². The van der Waals surface area contributed by atoms with Crippen molar-refractivity contribution >= 4 is 5.91 Å². The molecule has 1 aromatic rings. The van der Waals surface area contributed by atoms with Crippen LogP contribution in [0.4, 0.5) is 0 Å². The average molecular weight is 237 g/mol. The third kappa shape index (κ3) is 2.63. The van der Waals surface area contributed by atoms with Gasteiger partial charge in [0.05, 0.1) is 12.0 Å². The second kappa shape index (κ2) is 5.27. The summed E-state index contributed by atoms with van der Waals surface area (Å²) in [5.74, 6) is 0.830. The van der Waals surface area contributed by atoms with Gasteiger partial charge >= 0.3 is 0 Å². The molecule has 6 nitrogen and oxygen atoms in total. The number of amides is 1. The van der Waals surface area contributed by atoms with E-state index in [1.54, 1.807) is 0 Å². The van der Waals surface area contributed by atoms with Crippen molar-refractivity contribution in [3.63, 3.8) is 0 Å². The molecule has 0 unspecified atom stereocenters. The van der Waals surface area contributed by atoms with Crippen LogP contribution in [0.15, 0.2) is 6.33 Å². The molecule has 1 aliphatic heterocycles. The molecule has 6 heteroatoms. The second-order valence-electron chi connectivity index (χ2n) is 4.50. The van der Waals surface area contributed by atoms with Gasteiger partial charge in [-0.2, -0.15) is 5.10 Å². The number of nitrogens with zero attached hydrogens (tertiary/aromatic N) is 2. The topological polar surface area (TPSA) is 82.7 Å². The number of carbonyl (C=O) groups excluding carboxylic acids is 1. The molecule has 0 bridgehead atoms. The molecule has 1 fully saturated rings. The molecule has 0 spiro atoms. The van der Waals surface area contributed by atoms with Gasteiger partial charge in [0.15, 0.2) is 0 Å². The van der Waals surface area contributed by atoms with Crippen LogP contribution in [-0.4, -0.2) is 34.2 Å². The molecule has 2 rings (SSSR count). The SMILES string of the molecule is CCC1(C(=O)NCc2ncn[nH]2)CCNCC1. The third-order valence-electron chi connectivity index (χ3n) is 3.60. The number of piperidine rings is 1. The van der Waals surface area contributed by atoms with Crippen molar-refractivity contribution in [2.45, 2.75) is 32.7 Å². The molecule has 2 heterocycles. The Morgan fingerprint density at radius 1 is 1.53 bits per heavy atom. The molecule has 17 heavy (non-hydrogen) atoms. The first kappa shape index (κ1) is 12.0. The van der Waals surface area contributed by atoms with Crippen LogP contribution >= 0.6 is 0 Å². The molecule has 0 aliphatic carbocycles. The van der Waals surface area contributed by atoms with Gasteiger partial charge in [-0.1, -0.05) is 6.92 Å². The number of nitrogens with one attached hydrogen (secondary N) is 3. The molecule has 3 N–H and O–H groups in total. The van der Waals surface area contributed by atoms with Gasteiger partial charge in [-0.25, -0.2) is 4.98 Å². The average Bonchev–Trinajstić information content (AvgIpc) is 2.90. The summed E-state index contributed by atoms with van der Waals surface area (Å²) in [6, 6.07) is 0. The van der Waals surface area contributed by atoms with Gasteiger partial charge in [0, 0.05) is 0 Å². The molecular formula is C11H19N5O. The first-order valence-electron chi connectivity index (χ1n) is 6.10. The van der Waals surface area contributed by atoms with E-state index in [0.717, 1.165) is 32.4 Å². The predicted octanol–water partition coefficient (Wildman–Crippen LogP) is 0.201. The molecule has 0 radical (unpaired) electrons. The fourth-order valence-corrected chi connectivity index (χ4v) is 2.31. The Morgan fingerprint density at radius 3 is 2.88 bits per heavy atom. The summed E-state index contributed by atoms with van der Waals surface area (Å²) in [5.41, 5.74) is -0.203. The first-order valence-corrected chi connectivity index (χ1v) is 6.10. The van der Waals surface area contributed by atoms with E-state index in [2.05, 4.69) is 32.7 Å². The molecule has 0 aromatic carbocycles. The summed E-state index contributed by atoms with van der Waals surface area (Å²) < 4.78 is 0. The maximum Gasteiger partial charge on any atom is 0.226 e. The number of aromatic amines is 1. The molecule has 94 valence electrons. The summed E-state index contributed by atoms with van der Waals surface area (Å²) in [6.45, 7) is 4.35. The zero-order chi connectivity index (χ0) is 12.1. The highest BCUT2D eigenvalue weighted by Crippen LogP contribution is 2.32. The van der Waals surface area contributed by atoms with Gasteiger partial charge in [-0.05, 0) is 32.4 Å². The largest absolute Gasteiger partial charge is 0.348 e. The van der Waals surface area contributed by atoms with Crippen LogP contribution in [0.25, 0.3) is 0 Å². The maximum atomic E-state index is 12.2. The zero-order valence-corrected chi connectivity index (χ0v) is 10.1. The Kier molecular flexibility index (Phi) is 3.73. The molecule has 0 saturated carbocycles. The lowest BCUT2D eigenvalue weighted by Gasteiger charge is -2.35. The van der Waals surface area contributed by atoms with Crippen LogP contribution in [0.2, 0.25) is 0 Å². The molecular weight excluding hydrogens is 218 g/mol. The van der Waals surface area contributed by atoms with E-state index in [4.69, 9.17) is 0 Å². The van der Waals surface area contributed by atoms with Crippen molar-refractivity contribution in [3.8, 4) is 0 Å². The highest BCUT2D eigenvalue weighted by Gasteiger charge is 2.37. The van der Waals surface area contributed by atoms with E-state index >= 15 is 0 Å². The van der Waals surface area contributed by atoms with Gasteiger partial charge < -0.3 is 10.6 Å². The van der Waals surface area contributed by atoms with E-state index in [9.17, 15) is 4.79 Å². The Morgan fingerprint density at radius 2 is 2.29 bits per heavy atom. The minimum Gasteiger partial charge on any atom is -0.348 e. The van der Waals surface area contributed by atoms with Crippen molar-refractivity contribution in [1.82, 2.24) is 25.8 Å². The Bertz CT molecular complexity index is 356. The molecule has 1 aromatic heterocycles. The van der Waals surface area contributed by atoms with Crippen molar-refractivity contribution in [2.24, 2.45) is 5.41 Å². The number of H-pyrrole nitrogens is 1. The molecule has 1 saturated heterocycles. The van der Waals surface area contributed by atoms with Gasteiger partial charge in [0.25, 0.3) is 0 Å². The lowest BCUT2D eigenvalue weighted by molar-refractivity contribution is -0.133. The lowest BCUT2D eigenvalue weighted by Crippen LogP contribution is -2.47. The number of hydrogen-bond acceptors (Lipinski definition) is 4. The van der Waals surface area contributed by atoms with Crippen molar-refractivity contribution in [2.75, 3.05) is 13.1 Å². The Labute approximate surface area is 101 Å². The van der Waals surface area contributed by atoms with Crippen LogP contribution < -0.4 is 10.6 Å². The van der Waals surface area contributed by atoms with Gasteiger partial charge in [0.2, 0.25) is 5.91 Å². The van der Waals surface area contributed by atoms with E-state index in [1.807, 2.05) is 0 Å². The minimum atomic E-state index is -0.203. The Hall–Kier alpha value is -1.43. The van der Waals surface area contributed by atoms with E-state index < -0.39 is 0 Å². The number of aromatic nitrogens is 3.